The zero-order valence-corrected chi connectivity index (χ0v) is 39.2. The summed E-state index contributed by atoms with van der Waals surface area (Å²) in [6.45, 7) is 2.05. The van der Waals surface area contributed by atoms with Crippen LogP contribution in [-0.2, 0) is 0 Å². The Balaban J connectivity index is 0.914. The molecule has 2 aromatic heterocycles. The monoisotopic (exact) mass is 905 g/mol. The standard InChI is InChI=1S/C68H47N3/c1-2-3-6-23-58-43-60(44-62-66(58)61-28-13-14-29-63(61)69-67(62)59-39-36-48-21-11-12-22-53(48)42-59)51-32-30-49(31-33-51)50-34-37-52(38-35-50)68-70-64(56-26-15-24-54(40-56)46-17-7-4-8-18-46)45-65(71-68)57-27-16-25-55(41-57)47-19-9-5-10-20-47/h2-45H,1H3/b3-2-,23-6-. The minimum Gasteiger partial charge on any atom is -0.247 e. The summed E-state index contributed by atoms with van der Waals surface area (Å²) in [5, 5.41) is 5.87. The third-order valence-electron chi connectivity index (χ3n) is 13.4. The van der Waals surface area contributed by atoms with Gasteiger partial charge in [0.05, 0.1) is 22.6 Å². The summed E-state index contributed by atoms with van der Waals surface area (Å²) >= 11 is 0. The van der Waals surface area contributed by atoms with Crippen molar-refractivity contribution in [2.24, 2.45) is 0 Å². The molecule has 12 rings (SSSR count). The Bertz CT molecular complexity index is 3860. The zero-order chi connectivity index (χ0) is 47.5. The van der Waals surface area contributed by atoms with Gasteiger partial charge in [-0.2, -0.15) is 0 Å². The fraction of sp³-hybridized carbons (Fsp3) is 0.0147. The highest BCUT2D eigenvalue weighted by atomic mass is 14.9. The van der Waals surface area contributed by atoms with E-state index in [2.05, 4.69) is 267 Å². The number of para-hydroxylation sites is 1. The van der Waals surface area contributed by atoms with Crippen LogP contribution in [0.5, 0.6) is 0 Å². The predicted octanol–water partition coefficient (Wildman–Crippen LogP) is 18.3. The third-order valence-corrected chi connectivity index (χ3v) is 13.4. The molecule has 0 unspecified atom stereocenters. The predicted molar refractivity (Wildman–Crippen MR) is 300 cm³/mol. The summed E-state index contributed by atoms with van der Waals surface area (Å²) in [5.74, 6) is 0.676. The van der Waals surface area contributed by atoms with E-state index in [-0.39, 0.29) is 0 Å². The van der Waals surface area contributed by atoms with Gasteiger partial charge in [-0.3, -0.25) is 0 Å². The van der Waals surface area contributed by atoms with E-state index in [0.29, 0.717) is 5.82 Å². The van der Waals surface area contributed by atoms with Crippen LogP contribution in [0.4, 0.5) is 0 Å². The number of nitrogens with zero attached hydrogens (tertiary/aromatic N) is 3. The molecule has 0 atom stereocenters. The van der Waals surface area contributed by atoms with Crippen LogP contribution >= 0.6 is 0 Å². The molecule has 3 heteroatoms. The molecule has 0 amide bonds. The molecule has 0 aliphatic carbocycles. The second kappa shape index (κ2) is 19.0. The lowest BCUT2D eigenvalue weighted by Crippen LogP contribution is -1.96. The number of hydrogen-bond acceptors (Lipinski definition) is 3. The number of fused-ring (bicyclic) bond motifs is 4. The summed E-state index contributed by atoms with van der Waals surface area (Å²) < 4.78 is 0. The Morgan fingerprint density at radius 2 is 0.817 bits per heavy atom. The molecule has 2 heterocycles. The molecule has 71 heavy (non-hydrogen) atoms. The van der Waals surface area contributed by atoms with Crippen LogP contribution in [0.3, 0.4) is 0 Å². The second-order valence-electron chi connectivity index (χ2n) is 17.9. The molecule has 3 nitrogen and oxygen atoms in total. The van der Waals surface area contributed by atoms with Crippen LogP contribution in [0, 0.1) is 0 Å². The molecule has 0 aliphatic heterocycles. The molecule has 0 radical (unpaired) electrons. The van der Waals surface area contributed by atoms with Crippen LogP contribution in [0.15, 0.2) is 261 Å². The first-order valence-corrected chi connectivity index (χ1v) is 24.2. The summed E-state index contributed by atoms with van der Waals surface area (Å²) in [4.78, 5) is 15.9. The van der Waals surface area contributed by atoms with Crippen molar-refractivity contribution in [3.63, 3.8) is 0 Å². The Hall–Kier alpha value is -9.31. The Kier molecular flexibility index (Phi) is 11.5. The number of aromatic nitrogens is 3. The van der Waals surface area contributed by atoms with Gasteiger partial charge in [0.1, 0.15) is 0 Å². The molecule has 12 aromatic rings. The molecule has 0 saturated heterocycles. The molecule has 10 aromatic carbocycles. The van der Waals surface area contributed by atoms with E-state index in [1.807, 2.05) is 6.92 Å². The van der Waals surface area contributed by atoms with Gasteiger partial charge >= 0.3 is 0 Å². The topological polar surface area (TPSA) is 38.7 Å². The van der Waals surface area contributed by atoms with Crippen molar-refractivity contribution in [3.05, 3.63) is 266 Å². The SMILES string of the molecule is C/C=C\C=C/c1cc(-c2ccc(-c3ccc(-c4nc(-c5cccc(-c6ccccc6)c5)cc(-c5cccc(-c6ccccc6)c5)n4)cc3)cc2)cc2c(-c3ccc4ccccc4c3)nc3ccccc3c12. The van der Waals surface area contributed by atoms with Crippen molar-refractivity contribution < 1.29 is 0 Å². The van der Waals surface area contributed by atoms with Gasteiger partial charge in [0.2, 0.25) is 0 Å². The van der Waals surface area contributed by atoms with Crippen molar-refractivity contribution in [2.45, 2.75) is 6.92 Å². The van der Waals surface area contributed by atoms with Crippen LogP contribution in [-0.4, -0.2) is 15.0 Å². The molecule has 0 spiro atoms. The second-order valence-corrected chi connectivity index (χ2v) is 17.9. The fourth-order valence-electron chi connectivity index (χ4n) is 9.76. The maximum absolute atomic E-state index is 5.36. The first-order chi connectivity index (χ1) is 35.1. The molecule has 0 saturated carbocycles. The van der Waals surface area contributed by atoms with E-state index in [1.165, 1.54) is 27.3 Å². The van der Waals surface area contributed by atoms with Gasteiger partial charge in [-0.25, -0.2) is 15.0 Å². The molecular formula is C68H47N3. The van der Waals surface area contributed by atoms with Crippen LogP contribution in [0.2, 0.25) is 0 Å². The van der Waals surface area contributed by atoms with Crippen molar-refractivity contribution in [1.29, 1.82) is 0 Å². The number of rotatable bonds is 10. The van der Waals surface area contributed by atoms with Crippen LogP contribution in [0.1, 0.15) is 12.5 Å². The summed E-state index contributed by atoms with van der Waals surface area (Å²) in [6.07, 6.45) is 8.51. The maximum Gasteiger partial charge on any atom is 0.160 e. The lowest BCUT2D eigenvalue weighted by atomic mass is 9.91. The quantitative estimate of drug-likeness (QED) is 0.101. The molecule has 334 valence electrons. The number of benzene rings is 10. The van der Waals surface area contributed by atoms with E-state index in [0.717, 1.165) is 94.6 Å². The highest BCUT2D eigenvalue weighted by Gasteiger charge is 2.17. The van der Waals surface area contributed by atoms with Crippen molar-refractivity contribution in [3.8, 4) is 89.7 Å². The van der Waals surface area contributed by atoms with E-state index in [1.54, 1.807) is 0 Å². The highest BCUT2D eigenvalue weighted by molar-refractivity contribution is 6.15. The van der Waals surface area contributed by atoms with Gasteiger partial charge in [0.25, 0.3) is 0 Å². The normalized spacial score (nSPS) is 11.6. The van der Waals surface area contributed by atoms with Crippen molar-refractivity contribution in [1.82, 2.24) is 15.0 Å². The largest absolute Gasteiger partial charge is 0.247 e. The van der Waals surface area contributed by atoms with Gasteiger partial charge in [-0.1, -0.05) is 224 Å². The Labute approximate surface area is 414 Å². The maximum atomic E-state index is 5.36. The molecule has 0 fully saturated rings. The number of allylic oxidation sites excluding steroid dienone is 3. The fourth-order valence-corrected chi connectivity index (χ4v) is 9.76. The summed E-state index contributed by atoms with van der Waals surface area (Å²) in [6, 6.07) is 86.3. The van der Waals surface area contributed by atoms with Gasteiger partial charge in [0.15, 0.2) is 5.82 Å². The first-order valence-electron chi connectivity index (χ1n) is 24.2. The van der Waals surface area contributed by atoms with Crippen molar-refractivity contribution in [2.75, 3.05) is 0 Å². The smallest absolute Gasteiger partial charge is 0.160 e. The van der Waals surface area contributed by atoms with Gasteiger partial charge < -0.3 is 0 Å². The van der Waals surface area contributed by atoms with E-state index in [4.69, 9.17) is 15.0 Å². The lowest BCUT2D eigenvalue weighted by molar-refractivity contribution is 1.18. The molecule has 0 N–H and O–H groups in total. The number of hydrogen-bond donors (Lipinski definition) is 0. The van der Waals surface area contributed by atoms with Gasteiger partial charge in [-0.05, 0) is 110 Å². The summed E-state index contributed by atoms with van der Waals surface area (Å²) in [7, 11) is 0. The van der Waals surface area contributed by atoms with Crippen molar-refractivity contribution >= 4 is 38.5 Å². The highest BCUT2D eigenvalue weighted by Crippen LogP contribution is 2.40. The lowest BCUT2D eigenvalue weighted by Gasteiger charge is -2.15. The molecular weight excluding hydrogens is 859 g/mol. The first kappa shape index (κ1) is 43.0. The average molecular weight is 906 g/mol. The average Bonchev–Trinajstić information content (AvgIpc) is 3.45. The van der Waals surface area contributed by atoms with E-state index < -0.39 is 0 Å². The Morgan fingerprint density at radius 3 is 1.45 bits per heavy atom. The van der Waals surface area contributed by atoms with E-state index in [9.17, 15) is 0 Å². The molecule has 0 aliphatic rings. The minimum atomic E-state index is 0.676. The van der Waals surface area contributed by atoms with Gasteiger partial charge in [0, 0.05) is 38.4 Å². The third kappa shape index (κ3) is 8.74. The van der Waals surface area contributed by atoms with Gasteiger partial charge in [-0.15, -0.1) is 0 Å². The molecule has 0 bridgehead atoms. The minimum absolute atomic E-state index is 0.676. The Morgan fingerprint density at radius 1 is 0.310 bits per heavy atom. The zero-order valence-electron chi connectivity index (χ0n) is 39.2. The summed E-state index contributed by atoms with van der Waals surface area (Å²) in [5.41, 5.74) is 18.1. The van der Waals surface area contributed by atoms with Crippen LogP contribution < -0.4 is 0 Å². The van der Waals surface area contributed by atoms with Crippen LogP contribution in [0.25, 0.3) is 128 Å². The number of pyridine rings is 1. The van der Waals surface area contributed by atoms with E-state index >= 15 is 0 Å².